The van der Waals surface area contributed by atoms with Gasteiger partial charge in [0.1, 0.15) is 0 Å². The van der Waals surface area contributed by atoms with E-state index in [4.69, 9.17) is 0 Å². The first-order valence-corrected chi connectivity index (χ1v) is 6.83. The molecule has 1 aromatic carbocycles. The Hall–Kier alpha value is 0.460. The summed E-state index contributed by atoms with van der Waals surface area (Å²) in [6.07, 6.45) is 1.11. The zero-order valence-corrected chi connectivity index (χ0v) is 12.8. The number of halogens is 3. The van der Waals surface area contributed by atoms with Gasteiger partial charge >= 0.3 is 0 Å². The van der Waals surface area contributed by atoms with Crippen molar-refractivity contribution in [2.75, 3.05) is 5.32 Å². The summed E-state index contributed by atoms with van der Waals surface area (Å²) in [5, 5.41) is 3.44. The fraction of sp³-hybridized carbons (Fsp3) is 0.400. The monoisotopic (exact) mass is 383 g/mol. The fourth-order valence-electron chi connectivity index (χ4n) is 1.03. The van der Waals surface area contributed by atoms with Gasteiger partial charge in [0.2, 0.25) is 0 Å². The van der Waals surface area contributed by atoms with E-state index >= 15 is 0 Å². The van der Waals surface area contributed by atoms with E-state index in [1.54, 1.807) is 0 Å². The van der Waals surface area contributed by atoms with Crippen molar-refractivity contribution in [2.45, 2.75) is 26.3 Å². The van der Waals surface area contributed by atoms with Gasteiger partial charge in [0, 0.05) is 19.5 Å². The Labute approximate surface area is 110 Å². The molecule has 1 aromatic rings. The van der Waals surface area contributed by atoms with Crippen molar-refractivity contribution in [1.82, 2.24) is 0 Å². The predicted molar refractivity (Wildman–Crippen MR) is 72.9 cm³/mol. The maximum absolute atomic E-state index is 3.53. The SMILES string of the molecule is CCC(C)Nc1c(Br)cc(Br)cc1Br. The number of hydrogen-bond acceptors (Lipinski definition) is 1. The van der Waals surface area contributed by atoms with Gasteiger partial charge < -0.3 is 5.32 Å². The molecule has 1 nitrogen and oxygen atoms in total. The molecule has 78 valence electrons. The Morgan fingerprint density at radius 1 is 1.21 bits per heavy atom. The largest absolute Gasteiger partial charge is 0.381 e. The van der Waals surface area contributed by atoms with E-state index in [1.165, 1.54) is 0 Å². The average molecular weight is 386 g/mol. The van der Waals surface area contributed by atoms with Gasteiger partial charge in [0.15, 0.2) is 0 Å². The summed E-state index contributed by atoms with van der Waals surface area (Å²) in [4.78, 5) is 0. The summed E-state index contributed by atoms with van der Waals surface area (Å²) < 4.78 is 3.20. The van der Waals surface area contributed by atoms with Crippen LogP contribution in [-0.4, -0.2) is 6.04 Å². The Morgan fingerprint density at radius 2 is 1.71 bits per heavy atom. The third-order valence-corrected chi connectivity index (χ3v) is 3.72. The standard InChI is InChI=1S/C10H12Br3N/c1-3-6(2)14-10-8(12)4-7(11)5-9(10)13/h4-6,14H,3H2,1-2H3. The highest BCUT2D eigenvalue weighted by molar-refractivity contribution is 9.11. The van der Waals surface area contributed by atoms with Crippen LogP contribution >= 0.6 is 47.8 Å². The molecule has 1 unspecified atom stereocenters. The van der Waals surface area contributed by atoms with Crippen LogP contribution in [0.3, 0.4) is 0 Å². The molecule has 0 saturated carbocycles. The number of benzene rings is 1. The molecular formula is C10H12Br3N. The predicted octanol–water partition coefficient (Wildman–Crippen LogP) is 5.18. The minimum Gasteiger partial charge on any atom is -0.381 e. The van der Waals surface area contributed by atoms with Crippen molar-refractivity contribution in [3.63, 3.8) is 0 Å². The molecule has 1 atom stereocenters. The Kier molecular flexibility index (Phi) is 4.94. The molecule has 4 heteroatoms. The van der Waals surface area contributed by atoms with Crippen LogP contribution in [0.15, 0.2) is 25.6 Å². The fourth-order valence-corrected chi connectivity index (χ4v) is 3.52. The summed E-state index contributed by atoms with van der Waals surface area (Å²) in [7, 11) is 0. The summed E-state index contributed by atoms with van der Waals surface area (Å²) in [5.41, 5.74) is 1.11. The third kappa shape index (κ3) is 3.24. The van der Waals surface area contributed by atoms with Gasteiger partial charge in [0.05, 0.1) is 5.69 Å². The van der Waals surface area contributed by atoms with Crippen molar-refractivity contribution in [3.8, 4) is 0 Å². The van der Waals surface area contributed by atoms with Gasteiger partial charge in [-0.15, -0.1) is 0 Å². The highest BCUT2D eigenvalue weighted by atomic mass is 79.9. The Bertz CT molecular complexity index is 302. The van der Waals surface area contributed by atoms with Gasteiger partial charge in [-0.25, -0.2) is 0 Å². The zero-order chi connectivity index (χ0) is 10.7. The number of anilines is 1. The molecule has 0 heterocycles. The van der Waals surface area contributed by atoms with Gasteiger partial charge in [-0.05, 0) is 57.3 Å². The van der Waals surface area contributed by atoms with Gasteiger partial charge in [0.25, 0.3) is 0 Å². The number of rotatable bonds is 3. The van der Waals surface area contributed by atoms with E-state index in [0.717, 1.165) is 25.5 Å². The smallest absolute Gasteiger partial charge is 0.0631 e. The van der Waals surface area contributed by atoms with Crippen molar-refractivity contribution < 1.29 is 0 Å². The van der Waals surface area contributed by atoms with Crippen LogP contribution in [0.5, 0.6) is 0 Å². The molecule has 0 saturated heterocycles. The number of nitrogens with one attached hydrogen (secondary N) is 1. The second kappa shape index (κ2) is 5.52. The van der Waals surface area contributed by atoms with Crippen molar-refractivity contribution >= 4 is 53.5 Å². The van der Waals surface area contributed by atoms with Crippen LogP contribution in [0, 0.1) is 0 Å². The Balaban J connectivity index is 2.96. The van der Waals surface area contributed by atoms with Crippen LogP contribution < -0.4 is 5.32 Å². The molecule has 0 aliphatic rings. The molecule has 1 rings (SSSR count). The van der Waals surface area contributed by atoms with E-state index in [9.17, 15) is 0 Å². The molecule has 0 aromatic heterocycles. The molecule has 0 bridgehead atoms. The third-order valence-electron chi connectivity index (χ3n) is 2.01. The van der Waals surface area contributed by atoms with E-state index < -0.39 is 0 Å². The lowest BCUT2D eigenvalue weighted by molar-refractivity contribution is 0.763. The van der Waals surface area contributed by atoms with E-state index in [-0.39, 0.29) is 0 Å². The summed E-state index contributed by atoms with van der Waals surface area (Å²) in [6, 6.07) is 4.55. The van der Waals surface area contributed by atoms with Crippen molar-refractivity contribution in [2.24, 2.45) is 0 Å². The lowest BCUT2D eigenvalue weighted by Gasteiger charge is -2.16. The minimum atomic E-state index is 0.476. The first-order chi connectivity index (χ1) is 6.54. The second-order valence-corrected chi connectivity index (χ2v) is 5.82. The molecule has 0 fully saturated rings. The lowest BCUT2D eigenvalue weighted by Crippen LogP contribution is -2.14. The topological polar surface area (TPSA) is 12.0 Å². The molecule has 0 amide bonds. The first-order valence-electron chi connectivity index (χ1n) is 4.45. The van der Waals surface area contributed by atoms with Crippen LogP contribution in [0.2, 0.25) is 0 Å². The van der Waals surface area contributed by atoms with E-state index in [2.05, 4.69) is 67.0 Å². The van der Waals surface area contributed by atoms with Crippen molar-refractivity contribution in [3.05, 3.63) is 25.6 Å². The molecule has 0 spiro atoms. The minimum absolute atomic E-state index is 0.476. The molecule has 0 aliphatic carbocycles. The zero-order valence-electron chi connectivity index (χ0n) is 8.07. The van der Waals surface area contributed by atoms with Crippen molar-refractivity contribution in [1.29, 1.82) is 0 Å². The van der Waals surface area contributed by atoms with E-state index in [1.807, 2.05) is 12.1 Å². The van der Waals surface area contributed by atoms with Crippen LogP contribution in [0.25, 0.3) is 0 Å². The van der Waals surface area contributed by atoms with Gasteiger partial charge in [-0.2, -0.15) is 0 Å². The summed E-state index contributed by atoms with van der Waals surface area (Å²) >= 11 is 10.5. The van der Waals surface area contributed by atoms with Crippen LogP contribution in [0.1, 0.15) is 20.3 Å². The van der Waals surface area contributed by atoms with E-state index in [0.29, 0.717) is 6.04 Å². The molecule has 1 N–H and O–H groups in total. The maximum Gasteiger partial charge on any atom is 0.0631 e. The molecule has 0 aliphatic heterocycles. The summed E-state index contributed by atoms with van der Waals surface area (Å²) in [5.74, 6) is 0. The summed E-state index contributed by atoms with van der Waals surface area (Å²) in [6.45, 7) is 4.33. The Morgan fingerprint density at radius 3 is 2.14 bits per heavy atom. The van der Waals surface area contributed by atoms with Crippen LogP contribution in [0.4, 0.5) is 5.69 Å². The van der Waals surface area contributed by atoms with Crippen LogP contribution in [-0.2, 0) is 0 Å². The van der Waals surface area contributed by atoms with Gasteiger partial charge in [-0.3, -0.25) is 0 Å². The molecule has 0 radical (unpaired) electrons. The van der Waals surface area contributed by atoms with Gasteiger partial charge in [-0.1, -0.05) is 22.9 Å². The number of hydrogen-bond donors (Lipinski definition) is 1. The highest BCUT2D eigenvalue weighted by Gasteiger charge is 2.08. The molecular weight excluding hydrogens is 374 g/mol. The lowest BCUT2D eigenvalue weighted by atomic mass is 10.2. The quantitative estimate of drug-likeness (QED) is 0.755. The average Bonchev–Trinajstić information content (AvgIpc) is 2.10. The maximum atomic E-state index is 3.53. The second-order valence-electron chi connectivity index (χ2n) is 3.20. The highest BCUT2D eigenvalue weighted by Crippen LogP contribution is 2.34. The first kappa shape index (κ1) is 12.5. The normalized spacial score (nSPS) is 12.6. The molecule has 14 heavy (non-hydrogen) atoms.